The molecular weight excluding hydrogens is 446 g/mol. The number of nitrogens with one attached hydrogen (secondary N) is 1. The van der Waals surface area contributed by atoms with Gasteiger partial charge in [0.2, 0.25) is 0 Å². The fourth-order valence-corrected chi connectivity index (χ4v) is 3.04. The molecule has 0 radical (unpaired) electrons. The summed E-state index contributed by atoms with van der Waals surface area (Å²) in [4.78, 5) is 34.4. The van der Waals surface area contributed by atoms with Gasteiger partial charge in [0.1, 0.15) is 0 Å². The van der Waals surface area contributed by atoms with Crippen molar-refractivity contribution in [3.05, 3.63) is 52.0 Å². The van der Waals surface area contributed by atoms with Crippen LogP contribution in [-0.4, -0.2) is 45.0 Å². The Bertz CT molecular complexity index is 704. The first-order valence-corrected chi connectivity index (χ1v) is 9.52. The summed E-state index contributed by atoms with van der Waals surface area (Å²) in [5.41, 5.74) is 3.42. The van der Waals surface area contributed by atoms with Gasteiger partial charge >= 0.3 is 58.2 Å². The molecule has 1 aromatic carbocycles. The monoisotopic (exact) mass is 472 g/mol. The predicted octanol–water partition coefficient (Wildman–Crippen LogP) is -0.0992. The summed E-state index contributed by atoms with van der Waals surface area (Å²) in [6, 6.07) is 7.22. The summed E-state index contributed by atoms with van der Waals surface area (Å²) < 4.78 is 9.70. The molecule has 0 aromatic heterocycles. The number of hydrogen-bond donors (Lipinski definition) is 1. The molecule has 0 heterocycles. The zero-order chi connectivity index (χ0) is 20.2. The fraction of sp³-hybridized carbons (Fsp3) is 0.476. The second-order valence-electron chi connectivity index (χ2n) is 6.52. The number of rotatable bonds is 12. The van der Waals surface area contributed by atoms with Crippen molar-refractivity contribution in [1.82, 2.24) is 5.32 Å². The molecule has 1 aromatic rings. The molecule has 0 aliphatic heterocycles. The largest absolute Gasteiger partial charge is 1.00 e. The minimum absolute atomic E-state index is 0. The minimum Gasteiger partial charge on any atom is -0.648 e. The molecule has 29 heavy (non-hydrogen) atoms. The molecule has 0 saturated carbocycles. The van der Waals surface area contributed by atoms with E-state index in [1.165, 1.54) is 0 Å². The van der Waals surface area contributed by atoms with E-state index in [1.807, 2.05) is 19.2 Å². The molecule has 1 aliphatic rings. The molecule has 0 atom stereocenters. The van der Waals surface area contributed by atoms with Crippen LogP contribution < -0.4 is 63.5 Å². The second kappa shape index (κ2) is 15.0. The number of carbonyl (C=O) groups is 3. The zero-order valence-corrected chi connectivity index (χ0v) is 22.2. The zero-order valence-electron chi connectivity index (χ0n) is 17.2. The molecule has 1 aliphatic carbocycles. The van der Waals surface area contributed by atoms with Crippen molar-refractivity contribution < 1.29 is 82.0 Å². The van der Waals surface area contributed by atoms with Crippen LogP contribution in [-0.2, 0) is 25.6 Å². The average molecular weight is 473 g/mol. The van der Waals surface area contributed by atoms with Gasteiger partial charge in [-0.1, -0.05) is 29.8 Å². The third kappa shape index (κ3) is 9.21. The summed E-state index contributed by atoms with van der Waals surface area (Å²) >= 11 is 0. The summed E-state index contributed by atoms with van der Waals surface area (Å²) in [5.74, 6) is -0.280. The first kappa shape index (κ1) is 26.2. The van der Waals surface area contributed by atoms with Crippen molar-refractivity contribution in [2.24, 2.45) is 0 Å². The van der Waals surface area contributed by atoms with E-state index in [1.54, 1.807) is 12.1 Å². The van der Waals surface area contributed by atoms with Gasteiger partial charge in [0.15, 0.2) is 5.78 Å². The molecule has 8 heteroatoms. The van der Waals surface area contributed by atoms with Crippen LogP contribution >= 0.6 is 0 Å². The van der Waals surface area contributed by atoms with E-state index in [-0.39, 0.29) is 89.6 Å². The van der Waals surface area contributed by atoms with Crippen LogP contribution in [0.2, 0.25) is 0 Å². The topological polar surface area (TPSA) is 95.8 Å². The number of carbonyl (C=O) groups excluding carboxylic acids is 3. The van der Waals surface area contributed by atoms with Crippen LogP contribution in [0.1, 0.15) is 48.0 Å². The van der Waals surface area contributed by atoms with Crippen LogP contribution in [0.5, 0.6) is 0 Å². The maximum absolute atomic E-state index is 12.7. The van der Waals surface area contributed by atoms with Crippen molar-refractivity contribution in [3.63, 3.8) is 0 Å². The first-order chi connectivity index (χ1) is 13.7. The fourth-order valence-electron chi connectivity index (χ4n) is 3.04. The Balaban J connectivity index is 0.00000420. The van der Waals surface area contributed by atoms with E-state index in [0.717, 1.165) is 42.5 Å². The standard InChI is InChI=1S/C21H28N2O5.Rb/c1-22-19-6-3-2-5-18(19)21(26)17-9-7-16(8-10-17)13-23-20(25)14-27-11-4-12-28-15-24;/h7-10,15H,2-6,11-14H2,1H3,(H2,22,23,25,26);/q;+1/p-1. The Kier molecular flexibility index (Phi) is 13.5. The molecule has 1 amide bonds. The third-order valence-electron chi connectivity index (χ3n) is 4.54. The number of benzene rings is 1. The van der Waals surface area contributed by atoms with Gasteiger partial charge in [-0.05, 0) is 25.7 Å². The van der Waals surface area contributed by atoms with Gasteiger partial charge in [-0.25, -0.2) is 0 Å². The molecule has 0 bridgehead atoms. The van der Waals surface area contributed by atoms with Crippen molar-refractivity contribution in [2.75, 3.05) is 26.9 Å². The number of allylic oxidation sites excluding steroid dienone is 2. The maximum Gasteiger partial charge on any atom is 1.00 e. The molecule has 0 spiro atoms. The number of nitrogens with zero attached hydrogens (tertiary/aromatic N) is 1. The first-order valence-electron chi connectivity index (χ1n) is 9.52. The van der Waals surface area contributed by atoms with E-state index < -0.39 is 0 Å². The molecule has 0 fully saturated rings. The summed E-state index contributed by atoms with van der Waals surface area (Å²) in [6.45, 7) is 1.13. The van der Waals surface area contributed by atoms with Crippen LogP contribution in [0.25, 0.3) is 5.32 Å². The van der Waals surface area contributed by atoms with E-state index in [2.05, 4.69) is 15.4 Å². The van der Waals surface area contributed by atoms with Crippen molar-refractivity contribution in [2.45, 2.75) is 38.6 Å². The van der Waals surface area contributed by atoms with Gasteiger partial charge in [0.05, 0.1) is 25.7 Å². The van der Waals surface area contributed by atoms with Crippen LogP contribution in [0.4, 0.5) is 0 Å². The molecule has 1 N–H and O–H groups in total. The number of Topliss-reactive ketones (excluding diaryl/α,β-unsaturated/α-hetero) is 1. The summed E-state index contributed by atoms with van der Waals surface area (Å²) in [7, 11) is 1.86. The molecule has 0 unspecified atom stereocenters. The Morgan fingerprint density at radius 2 is 1.86 bits per heavy atom. The predicted molar refractivity (Wildman–Crippen MR) is 105 cm³/mol. The van der Waals surface area contributed by atoms with E-state index in [9.17, 15) is 14.4 Å². The van der Waals surface area contributed by atoms with Gasteiger partial charge < -0.3 is 24.9 Å². The van der Waals surface area contributed by atoms with Crippen molar-refractivity contribution in [1.29, 1.82) is 0 Å². The Morgan fingerprint density at radius 3 is 2.55 bits per heavy atom. The van der Waals surface area contributed by atoms with Gasteiger partial charge in [-0.2, -0.15) is 0 Å². The molecular formula is C21H27N2O5Rb. The average Bonchev–Trinajstić information content (AvgIpc) is 2.74. The van der Waals surface area contributed by atoms with Crippen LogP contribution in [0, 0.1) is 0 Å². The van der Waals surface area contributed by atoms with Crippen LogP contribution in [0.15, 0.2) is 35.5 Å². The van der Waals surface area contributed by atoms with E-state index in [4.69, 9.17) is 4.74 Å². The van der Waals surface area contributed by atoms with E-state index in [0.29, 0.717) is 25.1 Å². The number of ketones is 1. The van der Waals surface area contributed by atoms with Crippen molar-refractivity contribution in [3.8, 4) is 0 Å². The van der Waals surface area contributed by atoms with Gasteiger partial charge in [-0.3, -0.25) is 9.59 Å². The summed E-state index contributed by atoms with van der Waals surface area (Å²) in [5, 5.41) is 7.11. The Morgan fingerprint density at radius 1 is 1.14 bits per heavy atom. The maximum atomic E-state index is 12.7. The van der Waals surface area contributed by atoms with Gasteiger partial charge in [-0.15, -0.1) is 6.54 Å². The molecule has 0 saturated heterocycles. The SMILES string of the molecule is CNC1=C(C(=O)c2ccc(C[N-]C(=O)COCCCOC=O)cc2)CCCC1.[Rb+]. The Labute approximate surface area is 220 Å². The van der Waals surface area contributed by atoms with Crippen LogP contribution in [0.3, 0.4) is 0 Å². The van der Waals surface area contributed by atoms with Gasteiger partial charge in [0, 0.05) is 30.3 Å². The smallest absolute Gasteiger partial charge is 0.648 e. The van der Waals surface area contributed by atoms with E-state index >= 15 is 0 Å². The number of hydrogen-bond acceptors (Lipinski definition) is 6. The quantitative estimate of drug-likeness (QED) is 0.259. The molecule has 2 rings (SSSR count). The third-order valence-corrected chi connectivity index (χ3v) is 4.54. The second-order valence-corrected chi connectivity index (χ2v) is 6.52. The molecule has 7 nitrogen and oxygen atoms in total. The number of ether oxygens (including phenoxy) is 2. The normalized spacial score (nSPS) is 13.3. The Hall–Kier alpha value is -0.865. The van der Waals surface area contributed by atoms with Crippen molar-refractivity contribution >= 4 is 18.2 Å². The molecule has 152 valence electrons. The van der Waals surface area contributed by atoms with Gasteiger partial charge in [0.25, 0.3) is 6.47 Å². The minimum atomic E-state index is -0.345. The number of amides is 1. The summed E-state index contributed by atoms with van der Waals surface area (Å²) in [6.07, 6.45) is 4.41.